The quantitative estimate of drug-likeness (QED) is 0.428. The Morgan fingerprint density at radius 2 is 1.91 bits per heavy atom. The van der Waals surface area contributed by atoms with Gasteiger partial charge in [0.1, 0.15) is 22.9 Å². The number of halogens is 4. The number of pyridine rings is 1. The number of alkyl halides is 3. The van der Waals surface area contributed by atoms with Gasteiger partial charge in [-0.15, -0.1) is 0 Å². The summed E-state index contributed by atoms with van der Waals surface area (Å²) in [5.74, 6) is -0.0932. The van der Waals surface area contributed by atoms with E-state index in [1.165, 1.54) is 41.1 Å². The normalized spacial score (nSPS) is 12.1. The standard InChI is InChI=1S/C22H23F4N3O3/c1-14-5-6-15(23)11-18(14)31-16-12-17(19-27-8-10-28(19)13-16)29(9-7-22(24,25)26)20(30)32-21(2,3)4/h5-6,8,10-13H,7,9H2,1-4H3. The van der Waals surface area contributed by atoms with Gasteiger partial charge in [0.25, 0.3) is 0 Å². The van der Waals surface area contributed by atoms with Crippen molar-refractivity contribution in [3.8, 4) is 11.5 Å². The number of carbonyl (C=O) groups excluding carboxylic acids is 1. The third-order valence-corrected chi connectivity index (χ3v) is 4.34. The zero-order chi connectivity index (χ0) is 23.7. The lowest BCUT2D eigenvalue weighted by molar-refractivity contribution is -0.132. The zero-order valence-corrected chi connectivity index (χ0v) is 18.0. The molecule has 0 fully saturated rings. The van der Waals surface area contributed by atoms with E-state index >= 15 is 0 Å². The summed E-state index contributed by atoms with van der Waals surface area (Å²) in [6.45, 7) is 5.89. The molecule has 10 heteroatoms. The van der Waals surface area contributed by atoms with Crippen LogP contribution >= 0.6 is 0 Å². The largest absolute Gasteiger partial charge is 0.455 e. The molecule has 3 rings (SSSR count). The van der Waals surface area contributed by atoms with Crippen molar-refractivity contribution >= 4 is 17.4 Å². The van der Waals surface area contributed by atoms with Crippen molar-refractivity contribution < 1.29 is 31.8 Å². The summed E-state index contributed by atoms with van der Waals surface area (Å²) in [5.41, 5.74) is 0.0349. The van der Waals surface area contributed by atoms with Gasteiger partial charge in [-0.05, 0) is 39.3 Å². The number of anilines is 1. The average molecular weight is 453 g/mol. The average Bonchev–Trinajstić information content (AvgIpc) is 3.11. The van der Waals surface area contributed by atoms with Crippen molar-refractivity contribution in [3.63, 3.8) is 0 Å². The van der Waals surface area contributed by atoms with Gasteiger partial charge in [-0.1, -0.05) is 6.07 Å². The second kappa shape index (κ2) is 8.68. The molecule has 0 aliphatic rings. The number of amides is 1. The van der Waals surface area contributed by atoms with E-state index in [2.05, 4.69) is 4.98 Å². The predicted octanol–water partition coefficient (Wildman–Crippen LogP) is 6.27. The molecule has 0 aliphatic heterocycles. The molecule has 0 saturated carbocycles. The smallest absolute Gasteiger partial charge is 0.414 e. The first kappa shape index (κ1) is 23.4. The highest BCUT2D eigenvalue weighted by Gasteiger charge is 2.32. The fraction of sp³-hybridized carbons (Fsp3) is 0.364. The lowest BCUT2D eigenvalue weighted by atomic mass is 10.2. The summed E-state index contributed by atoms with van der Waals surface area (Å²) in [6.07, 6.45) is -2.15. The van der Waals surface area contributed by atoms with E-state index in [1.54, 1.807) is 33.9 Å². The van der Waals surface area contributed by atoms with Gasteiger partial charge in [-0.25, -0.2) is 14.2 Å². The highest BCUT2D eigenvalue weighted by Crippen LogP contribution is 2.33. The van der Waals surface area contributed by atoms with Gasteiger partial charge < -0.3 is 13.9 Å². The second-order valence-electron chi connectivity index (χ2n) is 8.23. The van der Waals surface area contributed by atoms with Crippen molar-refractivity contribution in [2.24, 2.45) is 0 Å². The molecular formula is C22H23F4N3O3. The summed E-state index contributed by atoms with van der Waals surface area (Å²) in [5, 5.41) is 0. The Morgan fingerprint density at radius 3 is 2.56 bits per heavy atom. The first-order chi connectivity index (χ1) is 14.8. The number of benzene rings is 1. The lowest BCUT2D eigenvalue weighted by Crippen LogP contribution is -2.39. The van der Waals surface area contributed by atoms with Crippen LogP contribution in [0.15, 0.2) is 42.9 Å². The summed E-state index contributed by atoms with van der Waals surface area (Å²) >= 11 is 0. The summed E-state index contributed by atoms with van der Waals surface area (Å²) in [7, 11) is 0. The SMILES string of the molecule is Cc1ccc(F)cc1Oc1cc(N(CCC(F)(F)F)C(=O)OC(C)(C)C)c2nccn2c1. The van der Waals surface area contributed by atoms with E-state index in [-0.39, 0.29) is 22.8 Å². The maximum atomic E-state index is 13.7. The number of rotatable bonds is 5. The minimum Gasteiger partial charge on any atom is -0.455 e. The van der Waals surface area contributed by atoms with Crippen LogP contribution in [0.2, 0.25) is 0 Å². The highest BCUT2D eigenvalue weighted by molar-refractivity contribution is 5.92. The van der Waals surface area contributed by atoms with E-state index in [4.69, 9.17) is 9.47 Å². The van der Waals surface area contributed by atoms with E-state index in [0.29, 0.717) is 5.56 Å². The van der Waals surface area contributed by atoms with Crippen molar-refractivity contribution in [1.29, 1.82) is 0 Å². The number of imidazole rings is 1. The minimum absolute atomic E-state index is 0.0695. The maximum Gasteiger partial charge on any atom is 0.414 e. The molecule has 0 atom stereocenters. The van der Waals surface area contributed by atoms with Crippen LogP contribution in [-0.2, 0) is 4.74 Å². The van der Waals surface area contributed by atoms with Crippen LogP contribution in [0.5, 0.6) is 11.5 Å². The molecule has 0 radical (unpaired) electrons. The second-order valence-corrected chi connectivity index (χ2v) is 8.23. The molecule has 172 valence electrons. The number of fused-ring (bicyclic) bond motifs is 1. The molecule has 0 saturated heterocycles. The van der Waals surface area contributed by atoms with Crippen molar-refractivity contribution in [3.05, 3.63) is 54.2 Å². The third-order valence-electron chi connectivity index (χ3n) is 4.34. The molecule has 0 unspecified atom stereocenters. The monoisotopic (exact) mass is 453 g/mol. The number of ether oxygens (including phenoxy) is 2. The Balaban J connectivity index is 2.06. The molecule has 2 aromatic heterocycles. The molecule has 1 aromatic carbocycles. The summed E-state index contributed by atoms with van der Waals surface area (Å²) < 4.78 is 65.2. The first-order valence-corrected chi connectivity index (χ1v) is 9.80. The van der Waals surface area contributed by atoms with Gasteiger partial charge in [0.05, 0.1) is 18.3 Å². The molecule has 6 nitrogen and oxygen atoms in total. The number of carbonyl (C=O) groups is 1. The van der Waals surface area contributed by atoms with Crippen LogP contribution < -0.4 is 9.64 Å². The Hall–Kier alpha value is -3.30. The third kappa shape index (κ3) is 5.89. The van der Waals surface area contributed by atoms with Gasteiger partial charge in [0, 0.05) is 31.1 Å². The molecule has 2 heterocycles. The van der Waals surface area contributed by atoms with Gasteiger partial charge >= 0.3 is 12.3 Å². The molecule has 3 aromatic rings. The van der Waals surface area contributed by atoms with Crippen LogP contribution in [0.1, 0.15) is 32.8 Å². The van der Waals surface area contributed by atoms with Crippen LogP contribution in [0.4, 0.5) is 28.0 Å². The van der Waals surface area contributed by atoms with E-state index < -0.39 is 36.7 Å². The fourth-order valence-electron chi connectivity index (χ4n) is 2.92. The zero-order valence-electron chi connectivity index (χ0n) is 18.0. The molecule has 1 amide bonds. The maximum absolute atomic E-state index is 13.7. The number of nitrogens with zero attached hydrogens (tertiary/aromatic N) is 3. The van der Waals surface area contributed by atoms with Gasteiger partial charge in [-0.3, -0.25) is 4.90 Å². The highest BCUT2D eigenvalue weighted by atomic mass is 19.4. The molecule has 0 aliphatic carbocycles. The van der Waals surface area contributed by atoms with Crippen LogP contribution in [0.3, 0.4) is 0 Å². The topological polar surface area (TPSA) is 56.1 Å². The number of aromatic nitrogens is 2. The van der Waals surface area contributed by atoms with Crippen LogP contribution in [-0.4, -0.2) is 33.8 Å². The molecule has 0 bridgehead atoms. The molecule has 0 spiro atoms. The van der Waals surface area contributed by atoms with Crippen LogP contribution in [0.25, 0.3) is 5.65 Å². The summed E-state index contributed by atoms with van der Waals surface area (Å²) in [6, 6.07) is 5.40. The first-order valence-electron chi connectivity index (χ1n) is 9.80. The Bertz CT molecular complexity index is 1120. The number of hydrogen-bond donors (Lipinski definition) is 0. The molecule has 32 heavy (non-hydrogen) atoms. The van der Waals surface area contributed by atoms with Crippen LogP contribution in [0, 0.1) is 12.7 Å². The van der Waals surface area contributed by atoms with Gasteiger partial charge in [-0.2, -0.15) is 13.2 Å². The van der Waals surface area contributed by atoms with E-state index in [0.717, 1.165) is 4.90 Å². The fourth-order valence-corrected chi connectivity index (χ4v) is 2.92. The van der Waals surface area contributed by atoms with E-state index in [9.17, 15) is 22.4 Å². The molecule has 0 N–H and O–H groups in total. The number of aryl methyl sites for hydroxylation is 1. The lowest BCUT2D eigenvalue weighted by Gasteiger charge is -2.28. The number of hydrogen-bond acceptors (Lipinski definition) is 4. The Labute approximate surface area is 182 Å². The van der Waals surface area contributed by atoms with Crippen molar-refractivity contribution in [2.45, 2.75) is 45.9 Å². The van der Waals surface area contributed by atoms with E-state index in [1.807, 2.05) is 0 Å². The predicted molar refractivity (Wildman–Crippen MR) is 111 cm³/mol. The van der Waals surface area contributed by atoms with Crippen molar-refractivity contribution in [2.75, 3.05) is 11.4 Å². The van der Waals surface area contributed by atoms with Gasteiger partial charge in [0.2, 0.25) is 0 Å². The summed E-state index contributed by atoms with van der Waals surface area (Å²) in [4.78, 5) is 17.9. The Morgan fingerprint density at radius 1 is 1.19 bits per heavy atom. The Kier molecular flexibility index (Phi) is 6.34. The van der Waals surface area contributed by atoms with Crippen molar-refractivity contribution in [1.82, 2.24) is 9.38 Å². The van der Waals surface area contributed by atoms with Gasteiger partial charge in [0.15, 0.2) is 5.65 Å². The molecular weight excluding hydrogens is 430 g/mol. The minimum atomic E-state index is -4.49.